The van der Waals surface area contributed by atoms with E-state index in [1.54, 1.807) is 12.0 Å². The molecule has 0 unspecified atom stereocenters. The lowest BCUT2D eigenvalue weighted by molar-refractivity contribution is -0.142. The Labute approximate surface area is 78.2 Å². The third-order valence-corrected chi connectivity index (χ3v) is 1.61. The molecule has 0 atom stereocenters. The highest BCUT2D eigenvalue weighted by atomic mass is 16.5. The summed E-state index contributed by atoms with van der Waals surface area (Å²) in [6, 6.07) is 0. The number of ether oxygens (including phenoxy) is 2. The van der Waals surface area contributed by atoms with E-state index in [0.29, 0.717) is 19.7 Å². The number of aliphatic hydroxyl groups is 1. The monoisotopic (exact) mass is 191 g/mol. The van der Waals surface area contributed by atoms with Gasteiger partial charge in [0.2, 0.25) is 0 Å². The lowest BCUT2D eigenvalue weighted by atomic mass is 10.4. The molecule has 78 valence electrons. The van der Waals surface area contributed by atoms with E-state index >= 15 is 0 Å². The van der Waals surface area contributed by atoms with Crippen LogP contribution >= 0.6 is 0 Å². The number of methoxy groups -OCH3 is 2. The first-order valence-electron chi connectivity index (χ1n) is 4.13. The van der Waals surface area contributed by atoms with Crippen LogP contribution in [0.1, 0.15) is 0 Å². The second kappa shape index (κ2) is 7.97. The quantitative estimate of drug-likeness (QED) is 0.528. The van der Waals surface area contributed by atoms with Crippen molar-refractivity contribution in [1.82, 2.24) is 4.90 Å². The number of hydrogen-bond donors (Lipinski definition) is 1. The molecule has 0 saturated heterocycles. The number of esters is 1. The molecular formula is C8H17NO4. The minimum Gasteiger partial charge on any atom is -0.468 e. The molecule has 0 aromatic carbocycles. The van der Waals surface area contributed by atoms with Crippen LogP contribution < -0.4 is 0 Å². The highest BCUT2D eigenvalue weighted by Crippen LogP contribution is 1.89. The van der Waals surface area contributed by atoms with Gasteiger partial charge in [-0.1, -0.05) is 0 Å². The van der Waals surface area contributed by atoms with Gasteiger partial charge in [0.25, 0.3) is 0 Å². The van der Waals surface area contributed by atoms with Gasteiger partial charge in [0, 0.05) is 20.2 Å². The molecule has 5 nitrogen and oxygen atoms in total. The number of carbonyl (C=O) groups is 1. The van der Waals surface area contributed by atoms with Gasteiger partial charge in [-0.05, 0) is 0 Å². The number of aliphatic hydroxyl groups excluding tert-OH is 1. The summed E-state index contributed by atoms with van der Waals surface area (Å²) in [4.78, 5) is 12.6. The maximum absolute atomic E-state index is 10.9. The molecule has 0 aromatic heterocycles. The Balaban J connectivity index is 3.71. The lowest BCUT2D eigenvalue weighted by Crippen LogP contribution is -2.35. The molecule has 5 heteroatoms. The van der Waals surface area contributed by atoms with Gasteiger partial charge in [-0.2, -0.15) is 0 Å². The Bertz CT molecular complexity index is 140. The van der Waals surface area contributed by atoms with Gasteiger partial charge < -0.3 is 14.6 Å². The van der Waals surface area contributed by atoms with Crippen LogP contribution in [0.2, 0.25) is 0 Å². The van der Waals surface area contributed by atoms with E-state index in [-0.39, 0.29) is 19.1 Å². The van der Waals surface area contributed by atoms with Crippen molar-refractivity contribution < 1.29 is 19.4 Å². The smallest absolute Gasteiger partial charge is 0.319 e. The molecule has 0 heterocycles. The molecule has 0 aliphatic carbocycles. The van der Waals surface area contributed by atoms with Crippen molar-refractivity contribution in [3.63, 3.8) is 0 Å². The fraction of sp³-hybridized carbons (Fsp3) is 0.875. The van der Waals surface area contributed by atoms with Gasteiger partial charge in [-0.3, -0.25) is 9.69 Å². The number of nitrogens with zero attached hydrogens (tertiary/aromatic N) is 1. The minimum atomic E-state index is -0.301. The predicted octanol–water partition coefficient (Wildman–Crippen LogP) is -0.900. The van der Waals surface area contributed by atoms with Crippen molar-refractivity contribution in [2.45, 2.75) is 0 Å². The molecule has 0 rings (SSSR count). The van der Waals surface area contributed by atoms with Crippen LogP contribution in [0, 0.1) is 0 Å². The average Bonchev–Trinajstić information content (AvgIpc) is 2.14. The van der Waals surface area contributed by atoms with E-state index in [1.165, 1.54) is 7.11 Å². The van der Waals surface area contributed by atoms with Crippen LogP contribution in [0.25, 0.3) is 0 Å². The first-order valence-corrected chi connectivity index (χ1v) is 4.13. The predicted molar refractivity (Wildman–Crippen MR) is 47.4 cm³/mol. The van der Waals surface area contributed by atoms with Crippen molar-refractivity contribution in [1.29, 1.82) is 0 Å². The Morgan fingerprint density at radius 2 is 2.08 bits per heavy atom. The third kappa shape index (κ3) is 6.51. The molecule has 0 fully saturated rings. The zero-order valence-electron chi connectivity index (χ0n) is 8.15. The molecule has 0 aromatic rings. The Morgan fingerprint density at radius 1 is 1.38 bits per heavy atom. The highest BCUT2D eigenvalue weighted by Gasteiger charge is 2.09. The van der Waals surface area contributed by atoms with Crippen LogP contribution in [0.4, 0.5) is 0 Å². The first-order chi connectivity index (χ1) is 6.24. The summed E-state index contributed by atoms with van der Waals surface area (Å²) < 4.78 is 9.36. The molecule has 0 bridgehead atoms. The zero-order valence-corrected chi connectivity index (χ0v) is 8.15. The molecule has 1 N–H and O–H groups in total. The summed E-state index contributed by atoms with van der Waals surface area (Å²) in [5.74, 6) is -0.301. The third-order valence-electron chi connectivity index (χ3n) is 1.61. The van der Waals surface area contributed by atoms with Crippen molar-refractivity contribution in [2.75, 3.05) is 47.1 Å². The number of carbonyl (C=O) groups excluding carboxylic acids is 1. The first kappa shape index (κ1) is 12.3. The highest BCUT2D eigenvalue weighted by molar-refractivity contribution is 5.71. The van der Waals surface area contributed by atoms with E-state index < -0.39 is 0 Å². The van der Waals surface area contributed by atoms with Crippen LogP contribution in [-0.4, -0.2) is 63.0 Å². The van der Waals surface area contributed by atoms with E-state index in [2.05, 4.69) is 4.74 Å². The molecule has 0 aliphatic heterocycles. The Morgan fingerprint density at radius 3 is 2.54 bits per heavy atom. The second-order valence-corrected chi connectivity index (χ2v) is 2.57. The fourth-order valence-electron chi connectivity index (χ4n) is 0.879. The van der Waals surface area contributed by atoms with Gasteiger partial charge in [0.15, 0.2) is 0 Å². The van der Waals surface area contributed by atoms with Crippen LogP contribution in [0.3, 0.4) is 0 Å². The van der Waals surface area contributed by atoms with E-state index in [1.807, 2.05) is 0 Å². The van der Waals surface area contributed by atoms with Gasteiger partial charge in [-0.25, -0.2) is 0 Å². The van der Waals surface area contributed by atoms with E-state index in [4.69, 9.17) is 9.84 Å². The van der Waals surface area contributed by atoms with Crippen molar-refractivity contribution >= 4 is 5.97 Å². The SMILES string of the molecule is COCCN(CCO)CC(=O)OC. The van der Waals surface area contributed by atoms with E-state index in [0.717, 1.165) is 0 Å². The molecule has 0 radical (unpaired) electrons. The van der Waals surface area contributed by atoms with E-state index in [9.17, 15) is 4.79 Å². The normalized spacial score (nSPS) is 10.5. The molecule has 0 spiro atoms. The summed E-state index contributed by atoms with van der Waals surface area (Å²) >= 11 is 0. The van der Waals surface area contributed by atoms with Crippen LogP contribution in [0.5, 0.6) is 0 Å². The maximum atomic E-state index is 10.9. The summed E-state index contributed by atoms with van der Waals surface area (Å²) in [6.07, 6.45) is 0. The molecular weight excluding hydrogens is 174 g/mol. The summed E-state index contributed by atoms with van der Waals surface area (Å²) in [6.45, 7) is 1.84. The van der Waals surface area contributed by atoms with Crippen molar-refractivity contribution in [3.05, 3.63) is 0 Å². The van der Waals surface area contributed by atoms with Gasteiger partial charge >= 0.3 is 5.97 Å². The zero-order chi connectivity index (χ0) is 10.1. The maximum Gasteiger partial charge on any atom is 0.319 e. The van der Waals surface area contributed by atoms with Gasteiger partial charge in [0.05, 0.1) is 26.9 Å². The largest absolute Gasteiger partial charge is 0.468 e. The number of hydrogen-bond acceptors (Lipinski definition) is 5. The van der Waals surface area contributed by atoms with Crippen LogP contribution in [0.15, 0.2) is 0 Å². The molecule has 0 saturated carbocycles. The van der Waals surface area contributed by atoms with Crippen molar-refractivity contribution in [2.24, 2.45) is 0 Å². The van der Waals surface area contributed by atoms with Gasteiger partial charge in [0.1, 0.15) is 0 Å². The summed E-state index contributed by atoms with van der Waals surface area (Å²) in [5.41, 5.74) is 0. The Kier molecular flexibility index (Phi) is 7.57. The standard InChI is InChI=1S/C8H17NO4/c1-12-6-4-9(3-5-10)7-8(11)13-2/h10H,3-7H2,1-2H3. The second-order valence-electron chi connectivity index (χ2n) is 2.57. The average molecular weight is 191 g/mol. The lowest BCUT2D eigenvalue weighted by Gasteiger charge is -2.18. The van der Waals surface area contributed by atoms with Crippen LogP contribution in [-0.2, 0) is 14.3 Å². The summed E-state index contributed by atoms with van der Waals surface area (Å²) in [7, 11) is 2.94. The van der Waals surface area contributed by atoms with Gasteiger partial charge in [-0.15, -0.1) is 0 Å². The fourth-order valence-corrected chi connectivity index (χ4v) is 0.879. The topological polar surface area (TPSA) is 59.0 Å². The molecule has 0 amide bonds. The minimum absolute atomic E-state index is 0.0285. The summed E-state index contributed by atoms with van der Waals surface area (Å²) in [5, 5.41) is 8.69. The Hall–Kier alpha value is -0.650. The molecule has 0 aliphatic rings. The molecule has 13 heavy (non-hydrogen) atoms. The van der Waals surface area contributed by atoms with Crippen molar-refractivity contribution in [3.8, 4) is 0 Å². The number of rotatable bonds is 7.